The van der Waals surface area contributed by atoms with Gasteiger partial charge in [-0.3, -0.25) is 0 Å². The Hall–Kier alpha value is -0.800. The summed E-state index contributed by atoms with van der Waals surface area (Å²) in [7, 11) is 0. The summed E-state index contributed by atoms with van der Waals surface area (Å²) in [6.07, 6.45) is 0. The minimum absolute atomic E-state index is 0.442. The first kappa shape index (κ1) is 11.7. The van der Waals surface area contributed by atoms with Gasteiger partial charge in [0.25, 0.3) is 0 Å². The predicted molar refractivity (Wildman–Crippen MR) is 70.3 cm³/mol. The molecule has 0 N–H and O–H groups in total. The van der Waals surface area contributed by atoms with E-state index in [1.807, 2.05) is 17.7 Å². The minimum atomic E-state index is 0.442. The van der Waals surface area contributed by atoms with Gasteiger partial charge in [-0.2, -0.15) is 5.10 Å². The van der Waals surface area contributed by atoms with Gasteiger partial charge in [-0.15, -0.1) is 11.6 Å². The highest BCUT2D eigenvalue weighted by atomic mass is 79.9. The Kier molecular flexibility index (Phi) is 3.36. The van der Waals surface area contributed by atoms with E-state index in [-0.39, 0.29) is 0 Å². The van der Waals surface area contributed by atoms with Gasteiger partial charge in [0, 0.05) is 10.2 Å². The molecule has 0 bridgehead atoms. The van der Waals surface area contributed by atoms with Crippen molar-refractivity contribution in [3.05, 3.63) is 45.7 Å². The molecule has 0 amide bonds. The zero-order chi connectivity index (χ0) is 11.7. The Labute approximate surface area is 108 Å². The molecular weight excluding hydrogens is 288 g/mol. The van der Waals surface area contributed by atoms with E-state index >= 15 is 0 Å². The third-order valence-corrected chi connectivity index (χ3v) is 3.32. The summed E-state index contributed by atoms with van der Waals surface area (Å²) in [5, 5.41) is 4.44. The Morgan fingerprint density at radius 1 is 1.31 bits per heavy atom. The van der Waals surface area contributed by atoms with Crippen LogP contribution >= 0.6 is 27.5 Å². The highest BCUT2D eigenvalue weighted by Gasteiger charge is 2.08. The van der Waals surface area contributed by atoms with Crippen LogP contribution in [-0.2, 0) is 5.88 Å². The largest absolute Gasteiger partial charge is 0.237 e. The molecule has 0 radical (unpaired) electrons. The molecule has 0 spiro atoms. The highest BCUT2D eigenvalue weighted by Crippen LogP contribution is 2.23. The quantitative estimate of drug-likeness (QED) is 0.767. The van der Waals surface area contributed by atoms with E-state index < -0.39 is 0 Å². The van der Waals surface area contributed by atoms with E-state index in [1.165, 1.54) is 5.56 Å². The molecule has 2 aromatic rings. The smallest absolute Gasteiger partial charge is 0.0790 e. The standard InChI is InChI=1S/C12H12BrClN2/c1-8-3-4-12(11(13)5-8)16-9(2)6-10(7-14)15-16/h3-6H,7H2,1-2H3. The van der Waals surface area contributed by atoms with Crippen molar-refractivity contribution in [2.75, 3.05) is 0 Å². The summed E-state index contributed by atoms with van der Waals surface area (Å²) in [5.41, 5.74) is 4.24. The van der Waals surface area contributed by atoms with Crippen molar-refractivity contribution in [3.8, 4) is 5.69 Å². The monoisotopic (exact) mass is 298 g/mol. The summed E-state index contributed by atoms with van der Waals surface area (Å²) in [6, 6.07) is 8.20. The molecule has 16 heavy (non-hydrogen) atoms. The zero-order valence-electron chi connectivity index (χ0n) is 9.17. The Balaban J connectivity index is 2.53. The van der Waals surface area contributed by atoms with Gasteiger partial charge in [-0.05, 0) is 53.5 Å². The predicted octanol–water partition coefficient (Wildman–Crippen LogP) is 3.99. The summed E-state index contributed by atoms with van der Waals surface area (Å²) in [5.74, 6) is 0.442. The van der Waals surface area contributed by atoms with Gasteiger partial charge in [0.05, 0.1) is 17.3 Å². The summed E-state index contributed by atoms with van der Waals surface area (Å²) >= 11 is 9.33. The molecule has 2 rings (SSSR count). The molecule has 4 heteroatoms. The number of hydrogen-bond acceptors (Lipinski definition) is 1. The molecule has 1 aromatic heterocycles. The van der Waals surface area contributed by atoms with Crippen molar-refractivity contribution in [2.45, 2.75) is 19.7 Å². The van der Waals surface area contributed by atoms with E-state index in [4.69, 9.17) is 11.6 Å². The number of benzene rings is 1. The van der Waals surface area contributed by atoms with Gasteiger partial charge < -0.3 is 0 Å². The maximum Gasteiger partial charge on any atom is 0.0790 e. The van der Waals surface area contributed by atoms with Crippen LogP contribution in [0.5, 0.6) is 0 Å². The van der Waals surface area contributed by atoms with Gasteiger partial charge in [-0.1, -0.05) is 6.07 Å². The van der Waals surface area contributed by atoms with Crippen LogP contribution in [0, 0.1) is 13.8 Å². The van der Waals surface area contributed by atoms with E-state index in [0.717, 1.165) is 21.5 Å². The maximum absolute atomic E-state index is 5.78. The second-order valence-electron chi connectivity index (χ2n) is 3.78. The second-order valence-corrected chi connectivity index (χ2v) is 4.90. The topological polar surface area (TPSA) is 17.8 Å². The molecule has 0 aliphatic heterocycles. The fourth-order valence-electron chi connectivity index (χ4n) is 1.63. The second kappa shape index (κ2) is 4.60. The molecule has 84 valence electrons. The Bertz CT molecular complexity index is 520. The zero-order valence-corrected chi connectivity index (χ0v) is 11.5. The van der Waals surface area contributed by atoms with E-state index in [2.05, 4.69) is 46.2 Å². The first-order chi connectivity index (χ1) is 7.61. The lowest BCUT2D eigenvalue weighted by molar-refractivity contribution is 0.826. The first-order valence-electron chi connectivity index (χ1n) is 5.00. The fraction of sp³-hybridized carbons (Fsp3) is 0.250. The summed E-state index contributed by atoms with van der Waals surface area (Å²) < 4.78 is 2.95. The number of aryl methyl sites for hydroxylation is 2. The maximum atomic E-state index is 5.78. The molecule has 2 nitrogen and oxygen atoms in total. The van der Waals surface area contributed by atoms with Crippen LogP contribution in [0.4, 0.5) is 0 Å². The number of nitrogens with zero attached hydrogens (tertiary/aromatic N) is 2. The van der Waals surface area contributed by atoms with Gasteiger partial charge in [-0.25, -0.2) is 4.68 Å². The third kappa shape index (κ3) is 2.15. The molecule has 0 atom stereocenters. The van der Waals surface area contributed by atoms with E-state index in [9.17, 15) is 0 Å². The van der Waals surface area contributed by atoms with Gasteiger partial charge >= 0.3 is 0 Å². The van der Waals surface area contributed by atoms with Crippen molar-refractivity contribution in [1.82, 2.24) is 9.78 Å². The van der Waals surface area contributed by atoms with Crippen LogP contribution in [0.3, 0.4) is 0 Å². The van der Waals surface area contributed by atoms with Crippen molar-refractivity contribution < 1.29 is 0 Å². The average molecular weight is 300 g/mol. The Morgan fingerprint density at radius 3 is 2.62 bits per heavy atom. The third-order valence-electron chi connectivity index (χ3n) is 2.41. The Morgan fingerprint density at radius 2 is 2.06 bits per heavy atom. The van der Waals surface area contributed by atoms with Gasteiger partial charge in [0.2, 0.25) is 0 Å². The lowest BCUT2D eigenvalue weighted by Gasteiger charge is -2.07. The fourth-order valence-corrected chi connectivity index (χ4v) is 2.42. The number of alkyl halides is 1. The number of aromatic nitrogens is 2. The van der Waals surface area contributed by atoms with Crippen molar-refractivity contribution >= 4 is 27.5 Å². The highest BCUT2D eigenvalue weighted by molar-refractivity contribution is 9.10. The molecule has 1 heterocycles. The van der Waals surface area contributed by atoms with Crippen LogP contribution < -0.4 is 0 Å². The first-order valence-corrected chi connectivity index (χ1v) is 6.32. The average Bonchev–Trinajstić information content (AvgIpc) is 2.60. The molecule has 0 saturated carbocycles. The number of hydrogen-bond donors (Lipinski definition) is 0. The lowest BCUT2D eigenvalue weighted by atomic mass is 10.2. The van der Waals surface area contributed by atoms with Gasteiger partial charge in [0.1, 0.15) is 0 Å². The van der Waals surface area contributed by atoms with Crippen LogP contribution in [0.1, 0.15) is 17.0 Å². The van der Waals surface area contributed by atoms with Crippen molar-refractivity contribution in [1.29, 1.82) is 0 Å². The normalized spacial score (nSPS) is 10.8. The van der Waals surface area contributed by atoms with Crippen LogP contribution in [0.2, 0.25) is 0 Å². The lowest BCUT2D eigenvalue weighted by Crippen LogP contribution is -2.00. The van der Waals surface area contributed by atoms with Crippen molar-refractivity contribution in [2.24, 2.45) is 0 Å². The van der Waals surface area contributed by atoms with E-state index in [0.29, 0.717) is 5.88 Å². The molecule has 0 unspecified atom stereocenters. The van der Waals surface area contributed by atoms with E-state index in [1.54, 1.807) is 0 Å². The van der Waals surface area contributed by atoms with Crippen LogP contribution in [0.25, 0.3) is 5.69 Å². The molecule has 0 saturated heterocycles. The number of halogens is 2. The number of rotatable bonds is 2. The van der Waals surface area contributed by atoms with Crippen LogP contribution in [0.15, 0.2) is 28.7 Å². The molecule has 0 aliphatic rings. The minimum Gasteiger partial charge on any atom is -0.237 e. The van der Waals surface area contributed by atoms with Crippen LogP contribution in [-0.4, -0.2) is 9.78 Å². The molecule has 0 aliphatic carbocycles. The summed E-state index contributed by atoms with van der Waals surface area (Å²) in [6.45, 7) is 4.09. The van der Waals surface area contributed by atoms with Gasteiger partial charge in [0.15, 0.2) is 0 Å². The SMILES string of the molecule is Cc1ccc(-n2nc(CCl)cc2C)c(Br)c1. The molecule has 0 fully saturated rings. The van der Waals surface area contributed by atoms with Crippen molar-refractivity contribution in [3.63, 3.8) is 0 Å². The molecular formula is C12H12BrClN2. The molecule has 1 aromatic carbocycles. The summed E-state index contributed by atoms with van der Waals surface area (Å²) in [4.78, 5) is 0.